The standard InChI is InChI=1S/C27H23NO8S/c1-4-33-25-20-9-7-8-10-21(20)26(34-5-2)24-22(25)15-16-23(27(24)35-6-3)37(31,32)36-17-18-11-13-19(14-12-18)28(29)30/h4-5,7-16H,1-2,6,17H2,3H3. The highest BCUT2D eigenvalue weighted by atomic mass is 32.2. The number of hydrogen-bond donors (Lipinski definition) is 0. The third-order valence-corrected chi connectivity index (χ3v) is 6.79. The van der Waals surface area contributed by atoms with Crippen LogP contribution in [-0.4, -0.2) is 19.9 Å². The molecule has 0 saturated heterocycles. The predicted octanol–water partition coefficient (Wildman–Crippen LogP) is 6.25. The first kappa shape index (κ1) is 25.7. The number of nitro benzene ring substituents is 1. The highest BCUT2D eigenvalue weighted by molar-refractivity contribution is 7.86. The van der Waals surface area contributed by atoms with Crippen molar-refractivity contribution in [2.45, 2.75) is 18.4 Å². The molecule has 0 spiro atoms. The minimum atomic E-state index is -4.34. The number of hydrogen-bond acceptors (Lipinski definition) is 8. The Morgan fingerprint density at radius 2 is 1.49 bits per heavy atom. The topological polar surface area (TPSA) is 114 Å². The van der Waals surface area contributed by atoms with Crippen molar-refractivity contribution in [3.8, 4) is 17.2 Å². The number of ether oxygens (including phenoxy) is 3. The first-order chi connectivity index (χ1) is 17.8. The maximum absolute atomic E-state index is 13.3. The lowest BCUT2D eigenvalue weighted by molar-refractivity contribution is -0.384. The fourth-order valence-electron chi connectivity index (χ4n) is 3.96. The zero-order valence-electron chi connectivity index (χ0n) is 19.9. The van der Waals surface area contributed by atoms with E-state index in [0.717, 1.165) is 5.39 Å². The lowest BCUT2D eigenvalue weighted by atomic mass is 9.99. The van der Waals surface area contributed by atoms with E-state index in [9.17, 15) is 18.5 Å². The van der Waals surface area contributed by atoms with Gasteiger partial charge in [0.05, 0.1) is 36.0 Å². The molecule has 190 valence electrons. The molecule has 0 saturated carbocycles. The fourth-order valence-corrected chi connectivity index (χ4v) is 5.00. The summed E-state index contributed by atoms with van der Waals surface area (Å²) in [5.41, 5.74) is 0.329. The van der Waals surface area contributed by atoms with Crippen molar-refractivity contribution in [2.75, 3.05) is 6.61 Å². The van der Waals surface area contributed by atoms with E-state index in [1.165, 1.54) is 42.9 Å². The maximum atomic E-state index is 13.3. The molecule has 0 aliphatic heterocycles. The summed E-state index contributed by atoms with van der Waals surface area (Å²) in [5.74, 6) is 0.821. The number of non-ortho nitro benzene ring substituents is 1. The highest BCUT2D eigenvalue weighted by Gasteiger charge is 2.28. The van der Waals surface area contributed by atoms with Gasteiger partial charge in [-0.3, -0.25) is 14.3 Å². The normalized spacial score (nSPS) is 11.3. The molecule has 0 radical (unpaired) electrons. The summed E-state index contributed by atoms with van der Waals surface area (Å²) in [6.07, 6.45) is 2.53. The summed E-state index contributed by atoms with van der Waals surface area (Å²) in [5, 5.41) is 13.1. The quantitative estimate of drug-likeness (QED) is 0.0748. The van der Waals surface area contributed by atoms with E-state index < -0.39 is 15.0 Å². The molecule has 0 atom stereocenters. The van der Waals surface area contributed by atoms with Crippen molar-refractivity contribution in [2.24, 2.45) is 0 Å². The van der Waals surface area contributed by atoms with Crippen molar-refractivity contribution in [1.29, 1.82) is 0 Å². The average molecular weight is 522 g/mol. The number of fused-ring (bicyclic) bond motifs is 2. The van der Waals surface area contributed by atoms with Gasteiger partial charge in [0.2, 0.25) is 0 Å². The third-order valence-electron chi connectivity index (χ3n) is 5.50. The zero-order valence-corrected chi connectivity index (χ0v) is 20.7. The van der Waals surface area contributed by atoms with E-state index in [1.807, 2.05) is 24.3 Å². The lowest BCUT2D eigenvalue weighted by Gasteiger charge is -2.19. The van der Waals surface area contributed by atoms with Crippen molar-refractivity contribution in [3.63, 3.8) is 0 Å². The van der Waals surface area contributed by atoms with Gasteiger partial charge in [0.1, 0.15) is 16.4 Å². The third kappa shape index (κ3) is 4.97. The number of rotatable bonds is 11. The molecule has 0 amide bonds. The molecule has 0 bridgehead atoms. The van der Waals surface area contributed by atoms with Crippen LogP contribution in [-0.2, 0) is 20.9 Å². The Kier molecular flexibility index (Phi) is 7.42. The molecule has 0 unspecified atom stereocenters. The van der Waals surface area contributed by atoms with Crippen molar-refractivity contribution in [3.05, 3.63) is 102 Å². The summed E-state index contributed by atoms with van der Waals surface area (Å²) in [7, 11) is -4.34. The number of benzene rings is 4. The molecule has 0 aliphatic rings. The second-order valence-corrected chi connectivity index (χ2v) is 9.24. The second kappa shape index (κ2) is 10.7. The summed E-state index contributed by atoms with van der Waals surface area (Å²) < 4.78 is 49.4. The Morgan fingerprint density at radius 1 is 0.865 bits per heavy atom. The molecule has 0 fully saturated rings. The molecule has 10 heteroatoms. The summed E-state index contributed by atoms with van der Waals surface area (Å²) in [6.45, 7) is 8.87. The maximum Gasteiger partial charge on any atom is 0.301 e. The van der Waals surface area contributed by atoms with Gasteiger partial charge >= 0.3 is 10.1 Å². The van der Waals surface area contributed by atoms with Crippen LogP contribution in [0.5, 0.6) is 17.2 Å². The summed E-state index contributed by atoms with van der Waals surface area (Å²) in [6, 6.07) is 15.7. The molecule has 0 heterocycles. The van der Waals surface area contributed by atoms with Crippen LogP contribution in [0.2, 0.25) is 0 Å². The van der Waals surface area contributed by atoms with Gasteiger partial charge in [0.25, 0.3) is 5.69 Å². The van der Waals surface area contributed by atoms with Crippen LogP contribution in [0, 0.1) is 10.1 Å². The van der Waals surface area contributed by atoms with Crippen LogP contribution in [0.15, 0.2) is 91.2 Å². The van der Waals surface area contributed by atoms with E-state index in [4.69, 9.17) is 18.4 Å². The van der Waals surface area contributed by atoms with Gasteiger partial charge < -0.3 is 14.2 Å². The lowest BCUT2D eigenvalue weighted by Crippen LogP contribution is -2.10. The number of nitro groups is 1. The van der Waals surface area contributed by atoms with Gasteiger partial charge in [0, 0.05) is 28.3 Å². The first-order valence-electron chi connectivity index (χ1n) is 11.1. The van der Waals surface area contributed by atoms with Gasteiger partial charge in [-0.1, -0.05) is 37.4 Å². The molecular formula is C27H23NO8S. The van der Waals surface area contributed by atoms with Gasteiger partial charge in [-0.05, 0) is 36.8 Å². The van der Waals surface area contributed by atoms with E-state index in [1.54, 1.807) is 13.0 Å². The Hall–Kier alpha value is -4.41. The summed E-state index contributed by atoms with van der Waals surface area (Å²) >= 11 is 0. The molecule has 9 nitrogen and oxygen atoms in total. The number of nitrogens with zero attached hydrogens (tertiary/aromatic N) is 1. The van der Waals surface area contributed by atoms with Crippen LogP contribution in [0.1, 0.15) is 12.5 Å². The molecule has 0 aromatic heterocycles. The van der Waals surface area contributed by atoms with Gasteiger partial charge in [0.15, 0.2) is 5.75 Å². The smallest absolute Gasteiger partial charge is 0.301 e. The van der Waals surface area contributed by atoms with Crippen molar-refractivity contribution < 1.29 is 31.7 Å². The SMILES string of the molecule is C=COc1c2ccccc2c(OC=C)c2c(OCC)c(S(=O)(=O)OCc3ccc([N+](=O)[O-])cc3)ccc12. The monoisotopic (exact) mass is 521 g/mol. The van der Waals surface area contributed by atoms with E-state index in [0.29, 0.717) is 33.2 Å². The minimum absolute atomic E-state index is 0.0280. The average Bonchev–Trinajstić information content (AvgIpc) is 2.89. The van der Waals surface area contributed by atoms with Gasteiger partial charge in [-0.2, -0.15) is 8.42 Å². The molecular weight excluding hydrogens is 498 g/mol. The zero-order chi connectivity index (χ0) is 26.6. The van der Waals surface area contributed by atoms with E-state index >= 15 is 0 Å². The molecule has 4 aromatic rings. The first-order valence-corrected chi connectivity index (χ1v) is 12.5. The minimum Gasteiger partial charge on any atom is -0.492 e. The largest absolute Gasteiger partial charge is 0.492 e. The molecule has 0 aliphatic carbocycles. The van der Waals surface area contributed by atoms with Crippen LogP contribution < -0.4 is 14.2 Å². The van der Waals surface area contributed by atoms with Gasteiger partial charge in [-0.15, -0.1) is 0 Å². The highest BCUT2D eigenvalue weighted by Crippen LogP contribution is 2.49. The van der Waals surface area contributed by atoms with Crippen molar-refractivity contribution >= 4 is 37.4 Å². The van der Waals surface area contributed by atoms with Crippen LogP contribution in [0.4, 0.5) is 5.69 Å². The van der Waals surface area contributed by atoms with Crippen LogP contribution >= 0.6 is 0 Å². The van der Waals surface area contributed by atoms with E-state index in [-0.39, 0.29) is 29.5 Å². The van der Waals surface area contributed by atoms with Crippen LogP contribution in [0.3, 0.4) is 0 Å². The Balaban J connectivity index is 1.90. The Bertz CT molecular complexity index is 1610. The molecule has 4 aromatic carbocycles. The summed E-state index contributed by atoms with van der Waals surface area (Å²) in [4.78, 5) is 10.1. The molecule has 0 N–H and O–H groups in total. The van der Waals surface area contributed by atoms with Gasteiger partial charge in [-0.25, -0.2) is 0 Å². The van der Waals surface area contributed by atoms with E-state index in [2.05, 4.69) is 13.2 Å². The molecule has 37 heavy (non-hydrogen) atoms. The second-order valence-electron chi connectivity index (χ2n) is 7.66. The Morgan fingerprint density at radius 3 is 2.08 bits per heavy atom. The van der Waals surface area contributed by atoms with Crippen LogP contribution in [0.25, 0.3) is 21.5 Å². The molecule has 4 rings (SSSR count). The van der Waals surface area contributed by atoms with Crippen molar-refractivity contribution in [1.82, 2.24) is 0 Å². The Labute approximate surface area is 213 Å². The predicted molar refractivity (Wildman–Crippen MR) is 139 cm³/mol. The fraction of sp³-hybridized carbons (Fsp3) is 0.111.